The molecular formula is C7H7BrS. The molecule has 1 aromatic rings. The molecule has 1 heterocycles. The Bertz CT molecular complexity index is 189. The van der Waals surface area contributed by atoms with Gasteiger partial charge in [-0.15, -0.1) is 11.3 Å². The Labute approximate surface area is 67.3 Å². The van der Waals surface area contributed by atoms with Crippen molar-refractivity contribution in [1.29, 1.82) is 0 Å². The Morgan fingerprint density at radius 3 is 3.00 bits per heavy atom. The zero-order valence-electron chi connectivity index (χ0n) is 4.93. The number of hydrogen-bond acceptors (Lipinski definition) is 1. The maximum atomic E-state index is 3.88. The second-order valence-electron chi connectivity index (χ2n) is 1.71. The van der Waals surface area contributed by atoms with Crippen molar-refractivity contribution in [3.63, 3.8) is 0 Å². The molecule has 2 heteroatoms. The van der Waals surface area contributed by atoms with E-state index in [4.69, 9.17) is 0 Å². The predicted octanol–water partition coefficient (Wildman–Crippen LogP) is 3.16. The van der Waals surface area contributed by atoms with Crippen molar-refractivity contribution >= 4 is 32.8 Å². The third-order valence-electron chi connectivity index (χ3n) is 1.03. The summed E-state index contributed by atoms with van der Waals surface area (Å²) in [6, 6.07) is 4.11. The first-order valence-electron chi connectivity index (χ1n) is 2.62. The lowest BCUT2D eigenvalue weighted by Gasteiger charge is -1.92. The summed E-state index contributed by atoms with van der Waals surface area (Å²) in [7, 11) is 0. The molecule has 9 heavy (non-hydrogen) atoms. The Morgan fingerprint density at radius 2 is 2.56 bits per heavy atom. The normalized spacial score (nSPS) is 9.44. The van der Waals surface area contributed by atoms with Gasteiger partial charge in [-0.3, -0.25) is 0 Å². The van der Waals surface area contributed by atoms with Crippen molar-refractivity contribution in [3.8, 4) is 0 Å². The largest absolute Gasteiger partial charge is 0.144 e. The molecule has 0 saturated heterocycles. The van der Waals surface area contributed by atoms with E-state index in [0.717, 1.165) is 10.9 Å². The van der Waals surface area contributed by atoms with Gasteiger partial charge in [0.05, 0.1) is 0 Å². The van der Waals surface area contributed by atoms with Gasteiger partial charge in [-0.25, -0.2) is 0 Å². The fourth-order valence-corrected chi connectivity index (χ4v) is 1.73. The van der Waals surface area contributed by atoms with Gasteiger partial charge in [0.2, 0.25) is 0 Å². The third kappa shape index (κ3) is 1.66. The SMILES string of the molecule is C=C(CBr)c1cccs1. The molecule has 0 N–H and O–H groups in total. The molecule has 1 rings (SSSR count). The first-order chi connectivity index (χ1) is 4.34. The number of allylic oxidation sites excluding steroid dienone is 1. The van der Waals surface area contributed by atoms with E-state index < -0.39 is 0 Å². The Hall–Kier alpha value is -0.0800. The molecule has 0 nitrogen and oxygen atoms in total. The zero-order valence-corrected chi connectivity index (χ0v) is 7.33. The topological polar surface area (TPSA) is 0 Å². The monoisotopic (exact) mass is 202 g/mol. The minimum absolute atomic E-state index is 0.869. The summed E-state index contributed by atoms with van der Waals surface area (Å²) < 4.78 is 0. The quantitative estimate of drug-likeness (QED) is 0.647. The van der Waals surface area contributed by atoms with Crippen LogP contribution in [0.3, 0.4) is 0 Å². The molecular weight excluding hydrogens is 196 g/mol. The number of thiophene rings is 1. The van der Waals surface area contributed by atoms with Crippen molar-refractivity contribution in [2.75, 3.05) is 5.33 Å². The average molecular weight is 203 g/mol. The highest BCUT2D eigenvalue weighted by molar-refractivity contribution is 9.09. The van der Waals surface area contributed by atoms with Crippen LogP contribution in [0, 0.1) is 0 Å². The Balaban J connectivity index is 2.77. The highest BCUT2D eigenvalue weighted by Crippen LogP contribution is 2.19. The summed E-state index contributed by atoms with van der Waals surface area (Å²) in [5.74, 6) is 0. The van der Waals surface area contributed by atoms with E-state index in [1.165, 1.54) is 4.88 Å². The van der Waals surface area contributed by atoms with Gasteiger partial charge in [-0.2, -0.15) is 0 Å². The zero-order chi connectivity index (χ0) is 6.69. The molecule has 0 spiro atoms. The molecule has 0 aliphatic carbocycles. The molecule has 0 aliphatic heterocycles. The number of alkyl halides is 1. The average Bonchev–Trinajstić information content (AvgIpc) is 2.37. The summed E-state index contributed by atoms with van der Waals surface area (Å²) in [4.78, 5) is 1.27. The summed E-state index contributed by atoms with van der Waals surface area (Å²) in [5.41, 5.74) is 1.16. The van der Waals surface area contributed by atoms with E-state index >= 15 is 0 Å². The van der Waals surface area contributed by atoms with Crippen LogP contribution < -0.4 is 0 Å². The lowest BCUT2D eigenvalue weighted by Crippen LogP contribution is -1.74. The minimum atomic E-state index is 0.869. The maximum absolute atomic E-state index is 3.88. The van der Waals surface area contributed by atoms with E-state index in [1.54, 1.807) is 11.3 Å². The molecule has 0 aliphatic rings. The fraction of sp³-hybridized carbons (Fsp3) is 0.143. The number of rotatable bonds is 2. The van der Waals surface area contributed by atoms with Crippen LogP contribution >= 0.6 is 27.3 Å². The second kappa shape index (κ2) is 3.18. The summed E-state index contributed by atoms with van der Waals surface area (Å²) in [5, 5.41) is 2.93. The van der Waals surface area contributed by atoms with Crippen LogP contribution in [-0.2, 0) is 0 Å². The van der Waals surface area contributed by atoms with Crippen LogP contribution in [0.1, 0.15) is 4.88 Å². The second-order valence-corrected chi connectivity index (χ2v) is 3.22. The fourth-order valence-electron chi connectivity index (χ4n) is 0.546. The first-order valence-corrected chi connectivity index (χ1v) is 4.62. The summed E-state index contributed by atoms with van der Waals surface area (Å²) in [6.45, 7) is 3.88. The standard InChI is InChI=1S/C7H7BrS/c1-6(5-8)7-3-2-4-9-7/h2-4H,1,5H2. The van der Waals surface area contributed by atoms with Gasteiger partial charge < -0.3 is 0 Å². The Kier molecular flexibility index (Phi) is 2.49. The van der Waals surface area contributed by atoms with Gasteiger partial charge >= 0.3 is 0 Å². The van der Waals surface area contributed by atoms with Crippen molar-refractivity contribution in [3.05, 3.63) is 29.0 Å². The van der Waals surface area contributed by atoms with Crippen LogP contribution in [0.25, 0.3) is 5.57 Å². The number of halogens is 1. The van der Waals surface area contributed by atoms with Gasteiger partial charge in [-0.1, -0.05) is 28.6 Å². The predicted molar refractivity (Wildman–Crippen MR) is 47.1 cm³/mol. The van der Waals surface area contributed by atoms with Crippen LogP contribution in [0.4, 0.5) is 0 Å². The molecule has 0 atom stereocenters. The van der Waals surface area contributed by atoms with E-state index in [1.807, 2.05) is 6.07 Å². The van der Waals surface area contributed by atoms with Crippen LogP contribution in [0.5, 0.6) is 0 Å². The van der Waals surface area contributed by atoms with Crippen molar-refractivity contribution in [1.82, 2.24) is 0 Å². The lowest BCUT2D eigenvalue weighted by atomic mass is 10.3. The minimum Gasteiger partial charge on any atom is -0.144 e. The molecule has 0 fully saturated rings. The highest BCUT2D eigenvalue weighted by atomic mass is 79.9. The first kappa shape index (κ1) is 7.03. The summed E-state index contributed by atoms with van der Waals surface area (Å²) in [6.07, 6.45) is 0. The van der Waals surface area contributed by atoms with Crippen molar-refractivity contribution < 1.29 is 0 Å². The van der Waals surface area contributed by atoms with E-state index in [2.05, 4.69) is 34.0 Å². The van der Waals surface area contributed by atoms with E-state index in [9.17, 15) is 0 Å². The van der Waals surface area contributed by atoms with E-state index in [0.29, 0.717) is 0 Å². The van der Waals surface area contributed by atoms with Gasteiger partial charge in [-0.05, 0) is 17.0 Å². The van der Waals surface area contributed by atoms with Crippen molar-refractivity contribution in [2.45, 2.75) is 0 Å². The molecule has 0 amide bonds. The molecule has 0 saturated carbocycles. The van der Waals surface area contributed by atoms with Crippen LogP contribution in [-0.4, -0.2) is 5.33 Å². The van der Waals surface area contributed by atoms with Gasteiger partial charge in [0, 0.05) is 10.2 Å². The smallest absolute Gasteiger partial charge is 0.0304 e. The van der Waals surface area contributed by atoms with Crippen LogP contribution in [0.15, 0.2) is 24.1 Å². The molecule has 48 valence electrons. The molecule has 1 aromatic heterocycles. The van der Waals surface area contributed by atoms with Crippen molar-refractivity contribution in [2.24, 2.45) is 0 Å². The molecule has 0 bridgehead atoms. The highest BCUT2D eigenvalue weighted by Gasteiger charge is 1.94. The van der Waals surface area contributed by atoms with E-state index in [-0.39, 0.29) is 0 Å². The maximum Gasteiger partial charge on any atom is 0.0304 e. The van der Waals surface area contributed by atoms with Gasteiger partial charge in [0.1, 0.15) is 0 Å². The van der Waals surface area contributed by atoms with Crippen LogP contribution in [0.2, 0.25) is 0 Å². The van der Waals surface area contributed by atoms with Gasteiger partial charge in [0.15, 0.2) is 0 Å². The molecule has 0 aromatic carbocycles. The molecule has 0 unspecified atom stereocenters. The Morgan fingerprint density at radius 1 is 1.78 bits per heavy atom. The van der Waals surface area contributed by atoms with Gasteiger partial charge in [0.25, 0.3) is 0 Å². The number of hydrogen-bond donors (Lipinski definition) is 0. The lowest BCUT2D eigenvalue weighted by molar-refractivity contribution is 1.78. The molecule has 0 radical (unpaired) electrons. The third-order valence-corrected chi connectivity index (χ3v) is 2.68. The summed E-state index contributed by atoms with van der Waals surface area (Å²) >= 11 is 5.07.